The van der Waals surface area contributed by atoms with Crippen molar-refractivity contribution in [1.82, 2.24) is 10.2 Å². The normalized spacial score (nSPS) is 14.3. The standard InChI is InChI=1S/C20H27N5O2/c1-3-15(4-2)20(26)22-19-10-9-18(23-24-19)21-16-7-5-6-8-17(16)25-11-13-27-14-12-25/h5-10,15H,3-4,11-14H2,1-2H3,(H,21,23)(H,22,24,26). The van der Waals surface area contributed by atoms with E-state index in [1.54, 1.807) is 6.07 Å². The van der Waals surface area contributed by atoms with E-state index in [1.165, 1.54) is 0 Å². The van der Waals surface area contributed by atoms with Gasteiger partial charge in [0.05, 0.1) is 24.6 Å². The van der Waals surface area contributed by atoms with E-state index in [1.807, 2.05) is 38.1 Å². The first kappa shape index (κ1) is 19.1. The van der Waals surface area contributed by atoms with Crippen molar-refractivity contribution in [2.75, 3.05) is 41.8 Å². The Morgan fingerprint density at radius 2 is 1.74 bits per heavy atom. The summed E-state index contributed by atoms with van der Waals surface area (Å²) >= 11 is 0. The lowest BCUT2D eigenvalue weighted by atomic mass is 10.0. The van der Waals surface area contributed by atoms with Crippen LogP contribution in [0.3, 0.4) is 0 Å². The topological polar surface area (TPSA) is 79.4 Å². The van der Waals surface area contributed by atoms with Gasteiger partial charge in [0.1, 0.15) is 0 Å². The van der Waals surface area contributed by atoms with Crippen molar-refractivity contribution in [3.8, 4) is 0 Å². The lowest BCUT2D eigenvalue weighted by Gasteiger charge is -2.30. The Bertz CT molecular complexity index is 740. The van der Waals surface area contributed by atoms with Crippen molar-refractivity contribution in [2.24, 2.45) is 5.92 Å². The number of para-hydroxylation sites is 2. The van der Waals surface area contributed by atoms with E-state index < -0.39 is 0 Å². The van der Waals surface area contributed by atoms with Crippen molar-refractivity contribution in [3.05, 3.63) is 36.4 Å². The molecule has 7 heteroatoms. The molecule has 3 rings (SSSR count). The Morgan fingerprint density at radius 1 is 1.07 bits per heavy atom. The van der Waals surface area contributed by atoms with Gasteiger partial charge >= 0.3 is 0 Å². The maximum Gasteiger partial charge on any atom is 0.228 e. The summed E-state index contributed by atoms with van der Waals surface area (Å²) in [6.07, 6.45) is 1.63. The third-order valence-corrected chi connectivity index (χ3v) is 4.79. The number of aromatic nitrogens is 2. The molecule has 0 radical (unpaired) electrons. The molecule has 0 aliphatic carbocycles. The third-order valence-electron chi connectivity index (χ3n) is 4.79. The molecule has 0 saturated carbocycles. The summed E-state index contributed by atoms with van der Waals surface area (Å²) in [7, 11) is 0. The highest BCUT2D eigenvalue weighted by Crippen LogP contribution is 2.28. The van der Waals surface area contributed by atoms with Gasteiger partial charge in [-0.3, -0.25) is 4.79 Å². The number of amides is 1. The van der Waals surface area contributed by atoms with Crippen molar-refractivity contribution >= 4 is 28.9 Å². The number of nitrogens with one attached hydrogen (secondary N) is 2. The summed E-state index contributed by atoms with van der Waals surface area (Å²) in [4.78, 5) is 14.5. The van der Waals surface area contributed by atoms with Crippen LogP contribution in [0, 0.1) is 5.92 Å². The molecule has 2 heterocycles. The van der Waals surface area contributed by atoms with Crippen molar-refractivity contribution in [2.45, 2.75) is 26.7 Å². The van der Waals surface area contributed by atoms with Gasteiger partial charge in [-0.05, 0) is 37.1 Å². The average Bonchev–Trinajstić information content (AvgIpc) is 2.71. The molecule has 144 valence electrons. The second kappa shape index (κ2) is 9.32. The predicted octanol–water partition coefficient (Wildman–Crippen LogP) is 3.43. The van der Waals surface area contributed by atoms with Gasteiger partial charge in [0.15, 0.2) is 11.6 Å². The first-order chi connectivity index (χ1) is 13.2. The molecule has 1 aromatic heterocycles. The van der Waals surface area contributed by atoms with Crippen LogP contribution >= 0.6 is 0 Å². The number of carbonyl (C=O) groups excluding carboxylic acids is 1. The molecule has 0 spiro atoms. The van der Waals surface area contributed by atoms with Crippen LogP contribution in [-0.4, -0.2) is 42.4 Å². The fourth-order valence-electron chi connectivity index (χ4n) is 3.15. The van der Waals surface area contributed by atoms with Gasteiger partial charge in [0.25, 0.3) is 0 Å². The molecule has 1 amide bonds. The Morgan fingerprint density at radius 3 is 2.41 bits per heavy atom. The van der Waals surface area contributed by atoms with Gasteiger partial charge in [-0.15, -0.1) is 10.2 Å². The molecule has 1 aliphatic heterocycles. The quantitative estimate of drug-likeness (QED) is 0.778. The van der Waals surface area contributed by atoms with Crippen molar-refractivity contribution in [1.29, 1.82) is 0 Å². The van der Waals surface area contributed by atoms with E-state index in [2.05, 4.69) is 31.8 Å². The van der Waals surface area contributed by atoms with Gasteiger partial charge < -0.3 is 20.3 Å². The summed E-state index contributed by atoms with van der Waals surface area (Å²) in [6, 6.07) is 11.7. The first-order valence-electron chi connectivity index (χ1n) is 9.54. The number of ether oxygens (including phenoxy) is 1. The second-order valence-electron chi connectivity index (χ2n) is 6.55. The molecule has 7 nitrogen and oxygen atoms in total. The monoisotopic (exact) mass is 369 g/mol. The Hall–Kier alpha value is -2.67. The van der Waals surface area contributed by atoms with Gasteiger partial charge in [0, 0.05) is 19.0 Å². The number of benzene rings is 1. The number of rotatable bonds is 7. The van der Waals surface area contributed by atoms with Gasteiger partial charge in [0.2, 0.25) is 5.91 Å². The minimum Gasteiger partial charge on any atom is -0.378 e. The van der Waals surface area contributed by atoms with E-state index in [9.17, 15) is 4.79 Å². The van der Waals surface area contributed by atoms with Crippen LogP contribution in [-0.2, 0) is 9.53 Å². The summed E-state index contributed by atoms with van der Waals surface area (Å²) in [5.74, 6) is 1.10. The van der Waals surface area contributed by atoms with E-state index in [4.69, 9.17) is 4.74 Å². The van der Waals surface area contributed by atoms with Crippen LogP contribution in [0.2, 0.25) is 0 Å². The SMILES string of the molecule is CCC(CC)C(=O)Nc1ccc(Nc2ccccc2N2CCOCC2)nn1. The number of hydrogen-bond acceptors (Lipinski definition) is 6. The van der Waals surface area contributed by atoms with Crippen LogP contribution in [0.5, 0.6) is 0 Å². The highest BCUT2D eigenvalue weighted by atomic mass is 16.5. The third kappa shape index (κ3) is 4.95. The maximum absolute atomic E-state index is 12.2. The number of nitrogens with zero attached hydrogens (tertiary/aromatic N) is 3. The summed E-state index contributed by atoms with van der Waals surface area (Å²) < 4.78 is 5.44. The molecule has 27 heavy (non-hydrogen) atoms. The summed E-state index contributed by atoms with van der Waals surface area (Å²) in [5.41, 5.74) is 2.09. The average molecular weight is 369 g/mol. The molecular weight excluding hydrogens is 342 g/mol. The highest BCUT2D eigenvalue weighted by Gasteiger charge is 2.16. The Balaban J connectivity index is 1.67. The molecule has 2 N–H and O–H groups in total. The van der Waals surface area contributed by atoms with E-state index in [-0.39, 0.29) is 11.8 Å². The fraction of sp³-hybridized carbons (Fsp3) is 0.450. The Kier molecular flexibility index (Phi) is 6.59. The smallest absolute Gasteiger partial charge is 0.228 e. The van der Waals surface area contributed by atoms with Crippen molar-refractivity contribution in [3.63, 3.8) is 0 Å². The van der Waals surface area contributed by atoms with Gasteiger partial charge in [-0.2, -0.15) is 0 Å². The molecule has 1 aromatic carbocycles. The fourth-order valence-corrected chi connectivity index (χ4v) is 3.15. The maximum atomic E-state index is 12.2. The molecule has 0 atom stereocenters. The molecule has 1 fully saturated rings. The zero-order chi connectivity index (χ0) is 19.1. The molecular formula is C20H27N5O2. The largest absolute Gasteiger partial charge is 0.378 e. The summed E-state index contributed by atoms with van der Waals surface area (Å²) in [5, 5.41) is 14.5. The minimum atomic E-state index is -0.00678. The molecule has 1 aliphatic rings. The van der Waals surface area contributed by atoms with E-state index in [0.717, 1.165) is 50.5 Å². The predicted molar refractivity (Wildman–Crippen MR) is 107 cm³/mol. The van der Waals surface area contributed by atoms with Crippen LogP contribution in [0.15, 0.2) is 36.4 Å². The number of carbonyl (C=O) groups is 1. The summed E-state index contributed by atoms with van der Waals surface area (Å²) in [6.45, 7) is 7.23. The van der Waals surface area contributed by atoms with Crippen LogP contribution in [0.4, 0.5) is 23.0 Å². The molecule has 0 bridgehead atoms. The number of morpholine rings is 1. The lowest BCUT2D eigenvalue weighted by molar-refractivity contribution is -0.120. The first-order valence-corrected chi connectivity index (χ1v) is 9.54. The number of hydrogen-bond donors (Lipinski definition) is 2. The van der Waals surface area contributed by atoms with Crippen LogP contribution < -0.4 is 15.5 Å². The zero-order valence-electron chi connectivity index (χ0n) is 15.9. The highest BCUT2D eigenvalue weighted by molar-refractivity contribution is 5.91. The van der Waals surface area contributed by atoms with E-state index >= 15 is 0 Å². The molecule has 1 saturated heterocycles. The van der Waals surface area contributed by atoms with E-state index in [0.29, 0.717) is 11.6 Å². The second-order valence-corrected chi connectivity index (χ2v) is 6.55. The Labute approximate surface area is 160 Å². The zero-order valence-corrected chi connectivity index (χ0v) is 15.9. The van der Waals surface area contributed by atoms with Gasteiger partial charge in [-0.25, -0.2) is 0 Å². The van der Waals surface area contributed by atoms with Crippen molar-refractivity contribution < 1.29 is 9.53 Å². The molecule has 2 aromatic rings. The minimum absolute atomic E-state index is 0.00463. The molecule has 0 unspecified atom stereocenters. The van der Waals surface area contributed by atoms with Crippen LogP contribution in [0.1, 0.15) is 26.7 Å². The lowest BCUT2D eigenvalue weighted by Crippen LogP contribution is -2.36. The number of anilines is 4. The van der Waals surface area contributed by atoms with Gasteiger partial charge in [-0.1, -0.05) is 26.0 Å². The van der Waals surface area contributed by atoms with Crippen LogP contribution in [0.25, 0.3) is 0 Å².